The molecule has 1 heteroatoms. The summed E-state index contributed by atoms with van der Waals surface area (Å²) in [5, 5.41) is 3.35. The van der Waals surface area contributed by atoms with E-state index < -0.39 is 0 Å². The Balaban J connectivity index is 1.59. The largest absolute Gasteiger partial charge is 0.391 e. The van der Waals surface area contributed by atoms with Crippen molar-refractivity contribution in [2.75, 3.05) is 6.54 Å². The smallest absolute Gasteiger partial charge is 0.0144 e. The van der Waals surface area contributed by atoms with Crippen molar-refractivity contribution >= 4 is 0 Å². The first-order valence-corrected chi connectivity index (χ1v) is 9.42. The van der Waals surface area contributed by atoms with Crippen LogP contribution in [-0.4, -0.2) is 6.54 Å². The van der Waals surface area contributed by atoms with Gasteiger partial charge in [-0.25, -0.2) is 0 Å². The van der Waals surface area contributed by atoms with Crippen molar-refractivity contribution in [1.82, 2.24) is 5.32 Å². The van der Waals surface area contributed by atoms with Crippen LogP contribution in [0.5, 0.6) is 0 Å². The lowest BCUT2D eigenvalue weighted by atomic mass is 9.81. The molecular formula is C20H33N. The Kier molecular flexibility index (Phi) is 5.43. The zero-order chi connectivity index (χ0) is 14.5. The van der Waals surface area contributed by atoms with Crippen molar-refractivity contribution in [1.29, 1.82) is 0 Å². The molecule has 2 fully saturated rings. The third kappa shape index (κ3) is 4.14. The van der Waals surface area contributed by atoms with Crippen molar-refractivity contribution in [3.8, 4) is 0 Å². The second-order valence-electron chi connectivity index (χ2n) is 7.81. The van der Waals surface area contributed by atoms with E-state index in [4.69, 9.17) is 0 Å². The van der Waals surface area contributed by atoms with Crippen molar-refractivity contribution in [3.63, 3.8) is 0 Å². The predicted molar refractivity (Wildman–Crippen MR) is 91.0 cm³/mol. The molecule has 2 aliphatic carbocycles. The van der Waals surface area contributed by atoms with Gasteiger partial charge in [0.2, 0.25) is 0 Å². The van der Waals surface area contributed by atoms with Gasteiger partial charge in [-0.2, -0.15) is 0 Å². The minimum atomic E-state index is 0.899. The number of hydrogen-bond donors (Lipinski definition) is 1. The Hall–Kier alpha value is -0.720. The number of nitrogens with one attached hydrogen (secondary N) is 1. The van der Waals surface area contributed by atoms with Gasteiger partial charge < -0.3 is 5.32 Å². The summed E-state index contributed by atoms with van der Waals surface area (Å²) < 4.78 is 0. The van der Waals surface area contributed by atoms with Crippen LogP contribution in [0.2, 0.25) is 0 Å². The Morgan fingerprint density at radius 2 is 1.81 bits per heavy atom. The van der Waals surface area contributed by atoms with E-state index in [0.29, 0.717) is 0 Å². The molecule has 3 rings (SSSR count). The van der Waals surface area contributed by atoms with Gasteiger partial charge in [0.15, 0.2) is 0 Å². The van der Waals surface area contributed by atoms with E-state index in [1.54, 1.807) is 5.57 Å². The molecule has 1 nitrogen and oxygen atoms in total. The van der Waals surface area contributed by atoms with E-state index in [1.807, 2.05) is 0 Å². The first-order valence-electron chi connectivity index (χ1n) is 9.42. The number of hydrogen-bond acceptors (Lipinski definition) is 1. The second kappa shape index (κ2) is 7.51. The van der Waals surface area contributed by atoms with Gasteiger partial charge in [0.25, 0.3) is 0 Å². The normalized spacial score (nSPS) is 42.0. The monoisotopic (exact) mass is 287 g/mol. The van der Waals surface area contributed by atoms with E-state index in [9.17, 15) is 0 Å². The Bertz CT molecular complexity index is 381. The predicted octanol–water partition coefficient (Wildman–Crippen LogP) is 5.44. The standard InChI is InChI=1S/C20H33N/c1-16-6-2-3-7-18(14-16)20-11-10-19(15-20)17-8-4-12-21-13-5-9-17/h4,8,12,16,18-21H,2-3,5-7,9-11,13-15H2,1H3/b12-4-,17-8+. The molecule has 0 spiro atoms. The molecule has 0 aromatic heterocycles. The van der Waals surface area contributed by atoms with Crippen LogP contribution in [0, 0.1) is 23.7 Å². The van der Waals surface area contributed by atoms with Gasteiger partial charge in [-0.3, -0.25) is 0 Å². The third-order valence-electron chi connectivity index (χ3n) is 6.20. The maximum Gasteiger partial charge on any atom is 0.0144 e. The van der Waals surface area contributed by atoms with Gasteiger partial charge in [0, 0.05) is 6.54 Å². The fourth-order valence-electron chi connectivity index (χ4n) is 5.00. The summed E-state index contributed by atoms with van der Waals surface area (Å²) in [5.74, 6) is 3.95. The molecule has 0 amide bonds. The van der Waals surface area contributed by atoms with Crippen molar-refractivity contribution in [2.45, 2.75) is 71.1 Å². The van der Waals surface area contributed by atoms with Crippen molar-refractivity contribution in [3.05, 3.63) is 23.9 Å². The first-order chi connectivity index (χ1) is 10.3. The fraction of sp³-hybridized carbons (Fsp3) is 0.800. The summed E-state index contributed by atoms with van der Waals surface area (Å²) in [7, 11) is 0. The molecule has 118 valence electrons. The molecule has 1 heterocycles. The maximum atomic E-state index is 3.35. The minimum absolute atomic E-state index is 0.899. The average molecular weight is 287 g/mol. The zero-order valence-corrected chi connectivity index (χ0v) is 13.8. The third-order valence-corrected chi connectivity index (χ3v) is 6.20. The lowest BCUT2D eigenvalue weighted by molar-refractivity contribution is 0.272. The number of allylic oxidation sites excluding steroid dienone is 3. The van der Waals surface area contributed by atoms with Gasteiger partial charge in [-0.15, -0.1) is 0 Å². The second-order valence-corrected chi connectivity index (χ2v) is 7.81. The van der Waals surface area contributed by atoms with Crippen LogP contribution in [-0.2, 0) is 0 Å². The first kappa shape index (κ1) is 15.2. The summed E-state index contributed by atoms with van der Waals surface area (Å²) in [6, 6.07) is 0. The minimum Gasteiger partial charge on any atom is -0.391 e. The van der Waals surface area contributed by atoms with Crippen LogP contribution in [0.4, 0.5) is 0 Å². The van der Waals surface area contributed by atoms with Gasteiger partial charge in [-0.1, -0.05) is 44.3 Å². The molecule has 0 radical (unpaired) electrons. The molecule has 21 heavy (non-hydrogen) atoms. The summed E-state index contributed by atoms with van der Waals surface area (Å²) in [6.45, 7) is 3.63. The molecule has 1 N–H and O–H groups in total. The highest BCUT2D eigenvalue weighted by Gasteiger charge is 2.33. The molecule has 0 aromatic rings. The van der Waals surface area contributed by atoms with Crippen molar-refractivity contribution < 1.29 is 0 Å². The molecule has 1 aliphatic heterocycles. The Morgan fingerprint density at radius 1 is 0.952 bits per heavy atom. The molecule has 0 bridgehead atoms. The molecule has 3 aliphatic rings. The fourth-order valence-corrected chi connectivity index (χ4v) is 5.00. The highest BCUT2D eigenvalue weighted by molar-refractivity contribution is 5.17. The van der Waals surface area contributed by atoms with Crippen LogP contribution < -0.4 is 5.32 Å². The van der Waals surface area contributed by atoms with E-state index in [2.05, 4.69) is 30.6 Å². The highest BCUT2D eigenvalue weighted by atomic mass is 14.8. The number of rotatable bonds is 2. The van der Waals surface area contributed by atoms with Crippen LogP contribution in [0.15, 0.2) is 23.9 Å². The summed E-state index contributed by atoms with van der Waals surface area (Å²) in [4.78, 5) is 0. The maximum absolute atomic E-state index is 3.35. The van der Waals surface area contributed by atoms with Crippen LogP contribution >= 0.6 is 0 Å². The summed E-state index contributed by atoms with van der Waals surface area (Å²) in [6.07, 6.45) is 21.3. The molecule has 0 saturated heterocycles. The summed E-state index contributed by atoms with van der Waals surface area (Å²) in [5.41, 5.74) is 1.75. The van der Waals surface area contributed by atoms with E-state index in [0.717, 1.165) is 30.2 Å². The van der Waals surface area contributed by atoms with Crippen LogP contribution in [0.3, 0.4) is 0 Å². The van der Waals surface area contributed by atoms with Gasteiger partial charge in [-0.05, 0) is 74.5 Å². The molecular weight excluding hydrogens is 254 g/mol. The van der Waals surface area contributed by atoms with Crippen LogP contribution in [0.25, 0.3) is 0 Å². The zero-order valence-electron chi connectivity index (χ0n) is 13.8. The lowest BCUT2D eigenvalue weighted by Gasteiger charge is -2.24. The molecule has 2 saturated carbocycles. The Morgan fingerprint density at radius 3 is 2.76 bits per heavy atom. The van der Waals surface area contributed by atoms with Crippen molar-refractivity contribution in [2.24, 2.45) is 23.7 Å². The molecule has 4 unspecified atom stereocenters. The lowest BCUT2D eigenvalue weighted by Crippen LogP contribution is -2.15. The van der Waals surface area contributed by atoms with Gasteiger partial charge in [0.1, 0.15) is 0 Å². The topological polar surface area (TPSA) is 12.0 Å². The van der Waals surface area contributed by atoms with Gasteiger partial charge >= 0.3 is 0 Å². The molecule has 4 atom stereocenters. The Labute approximate surface area is 131 Å². The van der Waals surface area contributed by atoms with E-state index in [1.165, 1.54) is 64.2 Å². The molecule has 0 aromatic carbocycles. The van der Waals surface area contributed by atoms with Crippen LogP contribution in [0.1, 0.15) is 71.1 Å². The van der Waals surface area contributed by atoms with E-state index >= 15 is 0 Å². The summed E-state index contributed by atoms with van der Waals surface area (Å²) >= 11 is 0. The quantitative estimate of drug-likeness (QED) is 0.667. The van der Waals surface area contributed by atoms with E-state index in [-0.39, 0.29) is 0 Å². The highest BCUT2D eigenvalue weighted by Crippen LogP contribution is 2.45. The average Bonchev–Trinajstić information content (AvgIpc) is 2.81. The SMILES string of the molecule is CC1CCCCC(C2CCC(/C3=C/C=C\NCCC3)C2)C1. The van der Waals surface area contributed by atoms with Gasteiger partial charge in [0.05, 0.1) is 0 Å².